The van der Waals surface area contributed by atoms with E-state index in [1.165, 1.54) is 43.6 Å². The van der Waals surface area contributed by atoms with Gasteiger partial charge in [-0.15, -0.1) is 11.3 Å². The summed E-state index contributed by atoms with van der Waals surface area (Å²) in [5, 5.41) is 6.28. The van der Waals surface area contributed by atoms with Crippen LogP contribution in [0.2, 0.25) is 0 Å². The van der Waals surface area contributed by atoms with Gasteiger partial charge in [0.05, 0.1) is 0 Å². The van der Waals surface area contributed by atoms with Crippen molar-refractivity contribution in [2.24, 2.45) is 11.3 Å². The Kier molecular flexibility index (Phi) is 4.79. The third kappa shape index (κ3) is 3.61. The fourth-order valence-corrected chi connectivity index (χ4v) is 6.00. The van der Waals surface area contributed by atoms with Gasteiger partial charge >= 0.3 is 0 Å². The minimum atomic E-state index is 0.496. The van der Waals surface area contributed by atoms with E-state index in [-0.39, 0.29) is 0 Å². The van der Waals surface area contributed by atoms with Crippen LogP contribution in [0.1, 0.15) is 56.9 Å². The summed E-state index contributed by atoms with van der Waals surface area (Å²) in [6.07, 6.45) is 7.02. The maximum absolute atomic E-state index is 4.05. The molecular formula is C17H27NS2. The Hall–Kier alpha value is 0.01000. The summed E-state index contributed by atoms with van der Waals surface area (Å²) in [4.78, 5) is 1.56. The van der Waals surface area contributed by atoms with E-state index in [0.717, 1.165) is 5.92 Å². The average Bonchev–Trinajstić information content (AvgIpc) is 3.08. The fraction of sp³-hybridized carbons (Fsp3) is 0.765. The van der Waals surface area contributed by atoms with Crippen molar-refractivity contribution in [2.45, 2.75) is 58.0 Å². The largest absolute Gasteiger partial charge is 0.305 e. The molecular weight excluding hydrogens is 282 g/mol. The van der Waals surface area contributed by atoms with Gasteiger partial charge in [-0.25, -0.2) is 0 Å². The van der Waals surface area contributed by atoms with E-state index in [4.69, 9.17) is 0 Å². The maximum atomic E-state index is 4.05. The van der Waals surface area contributed by atoms with Crippen molar-refractivity contribution in [1.82, 2.24) is 5.32 Å². The molecule has 1 aliphatic heterocycles. The Bertz CT molecular complexity index is 407. The first-order valence-corrected chi connectivity index (χ1v) is 10.0. The number of hydrogen-bond acceptors (Lipinski definition) is 3. The lowest BCUT2D eigenvalue weighted by Gasteiger charge is -2.38. The number of hydrogen-bond donors (Lipinski definition) is 1. The van der Waals surface area contributed by atoms with Crippen LogP contribution in [0.4, 0.5) is 0 Å². The monoisotopic (exact) mass is 309 g/mol. The highest BCUT2D eigenvalue weighted by Crippen LogP contribution is 2.40. The van der Waals surface area contributed by atoms with Gasteiger partial charge in [-0.1, -0.05) is 32.8 Å². The molecule has 1 nitrogen and oxygen atoms in total. The quantitative estimate of drug-likeness (QED) is 0.830. The van der Waals surface area contributed by atoms with Crippen LogP contribution in [0, 0.1) is 11.3 Å². The zero-order valence-electron chi connectivity index (χ0n) is 12.7. The Labute approximate surface area is 131 Å². The van der Waals surface area contributed by atoms with E-state index in [0.29, 0.717) is 17.5 Å². The van der Waals surface area contributed by atoms with E-state index >= 15 is 0 Å². The lowest BCUT2D eigenvalue weighted by Crippen LogP contribution is -2.43. The van der Waals surface area contributed by atoms with Crippen molar-refractivity contribution in [1.29, 1.82) is 0 Å². The van der Waals surface area contributed by atoms with E-state index in [9.17, 15) is 0 Å². The van der Waals surface area contributed by atoms with Gasteiger partial charge < -0.3 is 5.32 Å². The first-order chi connectivity index (χ1) is 9.64. The minimum Gasteiger partial charge on any atom is -0.305 e. The highest BCUT2D eigenvalue weighted by atomic mass is 32.2. The molecule has 0 spiro atoms. The molecule has 2 atom stereocenters. The van der Waals surface area contributed by atoms with Gasteiger partial charge in [-0.05, 0) is 47.8 Å². The molecule has 2 aliphatic rings. The molecule has 112 valence electrons. The van der Waals surface area contributed by atoms with Crippen LogP contribution in [0.3, 0.4) is 0 Å². The molecule has 0 amide bonds. The van der Waals surface area contributed by atoms with Crippen molar-refractivity contribution in [3.8, 4) is 0 Å². The van der Waals surface area contributed by atoms with Gasteiger partial charge in [-0.3, -0.25) is 0 Å². The predicted octanol–water partition coefficient (Wildman–Crippen LogP) is 5.10. The summed E-state index contributed by atoms with van der Waals surface area (Å²) in [7, 11) is 0. The van der Waals surface area contributed by atoms with Crippen molar-refractivity contribution in [2.75, 3.05) is 11.5 Å². The number of nitrogens with one attached hydrogen (secondary N) is 1. The van der Waals surface area contributed by atoms with Crippen LogP contribution in [-0.4, -0.2) is 17.5 Å². The van der Waals surface area contributed by atoms with Gasteiger partial charge in [0.15, 0.2) is 0 Å². The zero-order chi connectivity index (χ0) is 14.0. The molecule has 0 aromatic carbocycles. The van der Waals surface area contributed by atoms with Gasteiger partial charge in [-0.2, -0.15) is 11.8 Å². The topological polar surface area (TPSA) is 12.0 Å². The third-order valence-corrected chi connectivity index (χ3v) is 7.33. The van der Waals surface area contributed by atoms with E-state index in [1.54, 1.807) is 4.88 Å². The van der Waals surface area contributed by atoms with Gasteiger partial charge in [0.1, 0.15) is 0 Å². The van der Waals surface area contributed by atoms with E-state index in [1.807, 2.05) is 11.3 Å². The third-order valence-electron chi connectivity index (χ3n) is 4.75. The van der Waals surface area contributed by atoms with Gasteiger partial charge in [0, 0.05) is 22.7 Å². The summed E-state index contributed by atoms with van der Waals surface area (Å²) in [6, 6.07) is 5.85. The highest BCUT2D eigenvalue weighted by molar-refractivity contribution is 7.99. The van der Waals surface area contributed by atoms with Gasteiger partial charge in [0.2, 0.25) is 0 Å². The summed E-state index contributed by atoms with van der Waals surface area (Å²) in [5.41, 5.74) is 0.496. The molecule has 1 saturated carbocycles. The van der Waals surface area contributed by atoms with Crippen LogP contribution in [0.25, 0.3) is 0 Å². The average molecular weight is 310 g/mol. The van der Waals surface area contributed by atoms with Crippen molar-refractivity contribution in [3.05, 3.63) is 22.4 Å². The SMILES string of the molecule is CC1(C)CSCC(NC(c2cccs2)C2CCCC2)C1. The smallest absolute Gasteiger partial charge is 0.0445 e. The van der Waals surface area contributed by atoms with Crippen molar-refractivity contribution in [3.63, 3.8) is 0 Å². The summed E-state index contributed by atoms with van der Waals surface area (Å²) >= 11 is 4.07. The molecule has 1 saturated heterocycles. The van der Waals surface area contributed by atoms with Gasteiger partial charge in [0.25, 0.3) is 0 Å². The predicted molar refractivity (Wildman–Crippen MR) is 91.7 cm³/mol. The second-order valence-corrected chi connectivity index (χ2v) is 9.29. The second-order valence-electron chi connectivity index (χ2n) is 7.28. The molecule has 1 N–H and O–H groups in total. The first-order valence-electron chi connectivity index (χ1n) is 8.01. The molecule has 0 bridgehead atoms. The Morgan fingerprint density at radius 1 is 1.30 bits per heavy atom. The number of thioether (sulfide) groups is 1. The molecule has 0 radical (unpaired) electrons. The molecule has 1 aliphatic carbocycles. The lowest BCUT2D eigenvalue weighted by atomic mass is 9.86. The summed E-state index contributed by atoms with van der Waals surface area (Å²) in [6.45, 7) is 4.84. The Morgan fingerprint density at radius 2 is 2.10 bits per heavy atom. The molecule has 2 unspecified atom stereocenters. The molecule has 3 rings (SSSR count). The van der Waals surface area contributed by atoms with E-state index < -0.39 is 0 Å². The highest BCUT2D eigenvalue weighted by Gasteiger charge is 2.33. The molecule has 3 heteroatoms. The molecule has 1 aromatic heterocycles. The minimum absolute atomic E-state index is 0.496. The summed E-state index contributed by atoms with van der Waals surface area (Å²) < 4.78 is 0. The maximum Gasteiger partial charge on any atom is 0.0445 e. The Morgan fingerprint density at radius 3 is 2.75 bits per heavy atom. The number of thiophene rings is 1. The van der Waals surface area contributed by atoms with Crippen LogP contribution < -0.4 is 5.32 Å². The van der Waals surface area contributed by atoms with Crippen LogP contribution in [0.15, 0.2) is 17.5 Å². The number of rotatable bonds is 4. The normalized spacial score (nSPS) is 28.6. The molecule has 1 aromatic rings. The molecule has 20 heavy (non-hydrogen) atoms. The second kappa shape index (κ2) is 6.41. The molecule has 2 fully saturated rings. The summed E-state index contributed by atoms with van der Waals surface area (Å²) in [5.74, 6) is 3.47. The van der Waals surface area contributed by atoms with Crippen molar-refractivity contribution < 1.29 is 0 Å². The van der Waals surface area contributed by atoms with E-state index in [2.05, 4.69) is 48.4 Å². The Balaban J connectivity index is 1.70. The standard InChI is InChI=1S/C17H27NS2/c1-17(2)10-14(11-19-12-17)18-16(13-6-3-4-7-13)15-8-5-9-20-15/h5,8-9,13-14,16,18H,3-4,6-7,10-12H2,1-2H3. The van der Waals surface area contributed by atoms with Crippen LogP contribution in [-0.2, 0) is 0 Å². The fourth-order valence-electron chi connectivity index (χ4n) is 3.83. The van der Waals surface area contributed by atoms with Crippen molar-refractivity contribution >= 4 is 23.1 Å². The molecule has 2 heterocycles. The first kappa shape index (κ1) is 14.9. The zero-order valence-corrected chi connectivity index (χ0v) is 14.4. The lowest BCUT2D eigenvalue weighted by molar-refractivity contribution is 0.270. The van der Waals surface area contributed by atoms with Crippen LogP contribution >= 0.6 is 23.1 Å². The van der Waals surface area contributed by atoms with Crippen LogP contribution in [0.5, 0.6) is 0 Å².